The Morgan fingerprint density at radius 1 is 1.36 bits per heavy atom. The Hall–Kier alpha value is -1.04. The van der Waals surface area contributed by atoms with Crippen LogP contribution in [0.3, 0.4) is 0 Å². The van der Waals surface area contributed by atoms with E-state index in [0.717, 1.165) is 6.42 Å². The van der Waals surface area contributed by atoms with Gasteiger partial charge in [-0.05, 0) is 17.5 Å². The highest BCUT2D eigenvalue weighted by atomic mass is 14.0. The van der Waals surface area contributed by atoms with E-state index in [0.29, 0.717) is 0 Å². The van der Waals surface area contributed by atoms with Crippen molar-refractivity contribution in [3.63, 3.8) is 0 Å². The monoisotopic (exact) mass is 148 g/mol. The molecule has 11 heavy (non-hydrogen) atoms. The third-order valence-corrected chi connectivity index (χ3v) is 1.66. The molecule has 0 heteroatoms. The van der Waals surface area contributed by atoms with Gasteiger partial charge in [-0.1, -0.05) is 51.3 Å². The van der Waals surface area contributed by atoms with Crippen LogP contribution in [0.4, 0.5) is 0 Å². The van der Waals surface area contributed by atoms with Crippen LogP contribution in [0.25, 0.3) is 6.08 Å². The van der Waals surface area contributed by atoms with Crippen LogP contribution in [0.5, 0.6) is 0 Å². The van der Waals surface area contributed by atoms with Gasteiger partial charge in [0.25, 0.3) is 0 Å². The molecule has 0 bridgehead atoms. The highest BCUT2D eigenvalue weighted by Gasteiger charge is 1.91. The SMILES string of the molecule is C.C=Cc1ccccc1CC. The van der Waals surface area contributed by atoms with Crippen molar-refractivity contribution in [2.45, 2.75) is 20.8 Å². The second-order valence-corrected chi connectivity index (χ2v) is 2.26. The van der Waals surface area contributed by atoms with Gasteiger partial charge >= 0.3 is 0 Å². The highest BCUT2D eigenvalue weighted by molar-refractivity contribution is 5.51. The summed E-state index contributed by atoms with van der Waals surface area (Å²) < 4.78 is 0. The molecule has 0 aliphatic heterocycles. The van der Waals surface area contributed by atoms with E-state index in [1.807, 2.05) is 12.1 Å². The molecule has 0 nitrogen and oxygen atoms in total. The maximum absolute atomic E-state index is 3.74. The third-order valence-electron chi connectivity index (χ3n) is 1.66. The molecule has 0 atom stereocenters. The van der Waals surface area contributed by atoms with Gasteiger partial charge in [0.05, 0.1) is 0 Å². The molecule has 0 radical (unpaired) electrons. The van der Waals surface area contributed by atoms with Crippen molar-refractivity contribution in [3.8, 4) is 0 Å². The third kappa shape index (κ3) is 2.23. The van der Waals surface area contributed by atoms with Crippen LogP contribution in [0.2, 0.25) is 0 Å². The van der Waals surface area contributed by atoms with E-state index < -0.39 is 0 Å². The van der Waals surface area contributed by atoms with E-state index in [9.17, 15) is 0 Å². The number of benzene rings is 1. The smallest absolute Gasteiger partial charge is 0.0231 e. The largest absolute Gasteiger partial charge is 0.0985 e. The van der Waals surface area contributed by atoms with Crippen molar-refractivity contribution in [1.82, 2.24) is 0 Å². The van der Waals surface area contributed by atoms with E-state index in [2.05, 4.69) is 31.7 Å². The van der Waals surface area contributed by atoms with Gasteiger partial charge in [-0.15, -0.1) is 0 Å². The van der Waals surface area contributed by atoms with E-state index >= 15 is 0 Å². The fourth-order valence-corrected chi connectivity index (χ4v) is 1.06. The Morgan fingerprint density at radius 3 is 2.45 bits per heavy atom. The summed E-state index contributed by atoms with van der Waals surface area (Å²) in [7, 11) is 0. The van der Waals surface area contributed by atoms with Gasteiger partial charge in [-0.25, -0.2) is 0 Å². The maximum Gasteiger partial charge on any atom is -0.0231 e. The van der Waals surface area contributed by atoms with Gasteiger partial charge in [0, 0.05) is 0 Å². The van der Waals surface area contributed by atoms with Gasteiger partial charge in [-0.2, -0.15) is 0 Å². The summed E-state index contributed by atoms with van der Waals surface area (Å²) in [5.74, 6) is 0. The summed E-state index contributed by atoms with van der Waals surface area (Å²) in [6.07, 6.45) is 2.99. The molecule has 0 aromatic heterocycles. The van der Waals surface area contributed by atoms with E-state index in [-0.39, 0.29) is 7.43 Å². The molecule has 1 rings (SSSR count). The van der Waals surface area contributed by atoms with Gasteiger partial charge in [0.2, 0.25) is 0 Å². The summed E-state index contributed by atoms with van der Waals surface area (Å²) in [5.41, 5.74) is 2.63. The van der Waals surface area contributed by atoms with Crippen molar-refractivity contribution in [3.05, 3.63) is 42.0 Å². The number of rotatable bonds is 2. The predicted octanol–water partition coefficient (Wildman–Crippen LogP) is 3.53. The molecule has 1 aromatic rings. The molecule has 0 aliphatic carbocycles. The summed E-state index contributed by atoms with van der Waals surface area (Å²) in [4.78, 5) is 0. The van der Waals surface area contributed by atoms with Crippen LogP contribution in [-0.2, 0) is 6.42 Å². The van der Waals surface area contributed by atoms with Crippen molar-refractivity contribution < 1.29 is 0 Å². The van der Waals surface area contributed by atoms with Crippen molar-refractivity contribution in [2.24, 2.45) is 0 Å². The number of hydrogen-bond donors (Lipinski definition) is 0. The van der Waals surface area contributed by atoms with Crippen LogP contribution in [0, 0.1) is 0 Å². The van der Waals surface area contributed by atoms with Crippen LogP contribution >= 0.6 is 0 Å². The minimum Gasteiger partial charge on any atom is -0.0985 e. The van der Waals surface area contributed by atoms with Crippen LogP contribution < -0.4 is 0 Å². The normalized spacial score (nSPS) is 8.45. The minimum atomic E-state index is 0. The molecule has 0 heterocycles. The lowest BCUT2D eigenvalue weighted by molar-refractivity contribution is 1.13. The Morgan fingerprint density at radius 2 is 2.00 bits per heavy atom. The Balaban J connectivity index is 0.000001000. The summed E-state index contributed by atoms with van der Waals surface area (Å²) in [5, 5.41) is 0. The molecule has 60 valence electrons. The van der Waals surface area contributed by atoms with E-state index in [4.69, 9.17) is 0 Å². The van der Waals surface area contributed by atoms with Gasteiger partial charge in [0.1, 0.15) is 0 Å². The first-order valence-corrected chi connectivity index (χ1v) is 3.58. The first-order valence-electron chi connectivity index (χ1n) is 3.58. The predicted molar refractivity (Wildman–Crippen MR) is 52.6 cm³/mol. The molecule has 0 spiro atoms. The fraction of sp³-hybridized carbons (Fsp3) is 0.273. The second kappa shape index (κ2) is 4.73. The molecule has 0 aliphatic rings. The number of aryl methyl sites for hydroxylation is 1. The first-order chi connectivity index (χ1) is 4.88. The zero-order valence-electron chi connectivity index (χ0n) is 6.30. The molecule has 0 saturated carbocycles. The zero-order chi connectivity index (χ0) is 7.40. The quantitative estimate of drug-likeness (QED) is 0.602. The Kier molecular flexibility index (Phi) is 4.28. The van der Waals surface area contributed by atoms with Gasteiger partial charge in [0.15, 0.2) is 0 Å². The van der Waals surface area contributed by atoms with E-state index in [1.54, 1.807) is 0 Å². The molecule has 1 aromatic carbocycles. The Bertz CT molecular complexity index is 223. The fourth-order valence-electron chi connectivity index (χ4n) is 1.06. The highest BCUT2D eigenvalue weighted by Crippen LogP contribution is 2.09. The standard InChI is InChI=1S/C10H12.CH4/c1-3-9-7-5-6-8-10(9)4-2;/h3,5-8H,1,4H2,2H3;1H4. The first kappa shape index (κ1) is 9.96. The lowest BCUT2D eigenvalue weighted by Crippen LogP contribution is -1.83. The minimum absolute atomic E-state index is 0. The summed E-state index contributed by atoms with van der Waals surface area (Å²) in [6, 6.07) is 8.32. The average Bonchev–Trinajstić information content (AvgIpc) is 2.04. The molecule has 0 fully saturated rings. The molecular weight excluding hydrogens is 132 g/mol. The molecule has 0 N–H and O–H groups in total. The maximum atomic E-state index is 3.74. The van der Waals surface area contributed by atoms with Crippen LogP contribution in [0.1, 0.15) is 25.5 Å². The molecule has 0 unspecified atom stereocenters. The summed E-state index contributed by atoms with van der Waals surface area (Å²) in [6.45, 7) is 5.89. The molecule has 0 saturated heterocycles. The van der Waals surface area contributed by atoms with Crippen molar-refractivity contribution in [1.29, 1.82) is 0 Å². The van der Waals surface area contributed by atoms with Gasteiger partial charge in [-0.3, -0.25) is 0 Å². The van der Waals surface area contributed by atoms with Crippen LogP contribution in [0.15, 0.2) is 30.8 Å². The lowest BCUT2D eigenvalue weighted by Gasteiger charge is -1.99. The topological polar surface area (TPSA) is 0 Å². The van der Waals surface area contributed by atoms with Crippen molar-refractivity contribution in [2.75, 3.05) is 0 Å². The van der Waals surface area contributed by atoms with Crippen LogP contribution in [-0.4, -0.2) is 0 Å². The molecular formula is C11H16. The van der Waals surface area contributed by atoms with Gasteiger partial charge < -0.3 is 0 Å². The lowest BCUT2D eigenvalue weighted by atomic mass is 10.1. The summed E-state index contributed by atoms with van der Waals surface area (Å²) >= 11 is 0. The Labute approximate surface area is 69.6 Å². The van der Waals surface area contributed by atoms with E-state index in [1.165, 1.54) is 11.1 Å². The number of hydrogen-bond acceptors (Lipinski definition) is 0. The molecule has 0 amide bonds. The van der Waals surface area contributed by atoms with Crippen molar-refractivity contribution >= 4 is 6.08 Å². The zero-order valence-corrected chi connectivity index (χ0v) is 6.30. The average molecular weight is 148 g/mol. The second-order valence-electron chi connectivity index (χ2n) is 2.26.